The van der Waals surface area contributed by atoms with Crippen molar-refractivity contribution >= 4 is 38.3 Å². The Hall–Kier alpha value is -3.39. The number of nitrogens with one attached hydrogen (secondary N) is 2. The van der Waals surface area contributed by atoms with Crippen LogP contribution in [0, 0.1) is 6.92 Å². The highest BCUT2D eigenvalue weighted by atomic mass is 32.2. The van der Waals surface area contributed by atoms with Gasteiger partial charge < -0.3 is 0 Å². The van der Waals surface area contributed by atoms with Gasteiger partial charge in [0.25, 0.3) is 5.91 Å². The number of fused-ring (bicyclic) bond motifs is 1. The molecule has 3 rings (SSSR count). The van der Waals surface area contributed by atoms with Crippen LogP contribution in [0.5, 0.6) is 0 Å². The van der Waals surface area contributed by atoms with Gasteiger partial charge in [0.1, 0.15) is 6.54 Å². The van der Waals surface area contributed by atoms with E-state index in [1.165, 1.54) is 0 Å². The van der Waals surface area contributed by atoms with Crippen molar-refractivity contribution in [2.45, 2.75) is 13.3 Å². The molecule has 2 N–H and O–H groups in total. The van der Waals surface area contributed by atoms with Crippen LogP contribution in [0.3, 0.4) is 0 Å². The van der Waals surface area contributed by atoms with Crippen LogP contribution in [0.1, 0.15) is 11.1 Å². The number of nitrogens with zero attached hydrogens (tertiary/aromatic N) is 1. The fourth-order valence-electron chi connectivity index (χ4n) is 3.20. The van der Waals surface area contributed by atoms with Gasteiger partial charge in [-0.25, -0.2) is 8.42 Å². The van der Waals surface area contributed by atoms with Crippen LogP contribution in [0.15, 0.2) is 66.7 Å². The van der Waals surface area contributed by atoms with Crippen LogP contribution in [-0.4, -0.2) is 33.0 Å². The van der Waals surface area contributed by atoms with E-state index in [2.05, 4.69) is 10.9 Å². The first-order valence-corrected chi connectivity index (χ1v) is 11.2. The number of para-hydroxylation sites is 1. The summed E-state index contributed by atoms with van der Waals surface area (Å²) in [6, 6.07) is 20.3. The number of rotatable bonds is 6. The largest absolute Gasteiger partial charge is 0.273 e. The highest BCUT2D eigenvalue weighted by molar-refractivity contribution is 7.92. The molecule has 7 nitrogen and oxygen atoms in total. The van der Waals surface area contributed by atoms with Gasteiger partial charge in [-0.3, -0.25) is 24.7 Å². The fourth-order valence-corrected chi connectivity index (χ4v) is 4.11. The van der Waals surface area contributed by atoms with E-state index in [4.69, 9.17) is 0 Å². The summed E-state index contributed by atoms with van der Waals surface area (Å²) in [4.78, 5) is 24.6. The van der Waals surface area contributed by atoms with Crippen LogP contribution in [0.4, 0.5) is 5.69 Å². The number of amides is 2. The first kappa shape index (κ1) is 21.3. The van der Waals surface area contributed by atoms with E-state index < -0.39 is 28.4 Å². The molecule has 0 atom stereocenters. The lowest BCUT2D eigenvalue weighted by Gasteiger charge is -2.23. The summed E-state index contributed by atoms with van der Waals surface area (Å²) in [7, 11) is -3.69. The summed E-state index contributed by atoms with van der Waals surface area (Å²) >= 11 is 0. The number of sulfonamides is 1. The topological polar surface area (TPSA) is 95.6 Å². The van der Waals surface area contributed by atoms with Crippen LogP contribution < -0.4 is 15.2 Å². The third-order valence-electron chi connectivity index (χ3n) is 4.64. The number of carbonyl (C=O) groups is 2. The molecule has 0 aliphatic carbocycles. The zero-order chi connectivity index (χ0) is 21.7. The Balaban J connectivity index is 1.64. The van der Waals surface area contributed by atoms with Crippen molar-refractivity contribution < 1.29 is 18.0 Å². The van der Waals surface area contributed by atoms with E-state index in [-0.39, 0.29) is 6.42 Å². The van der Waals surface area contributed by atoms with E-state index >= 15 is 0 Å². The molecule has 0 saturated carbocycles. The van der Waals surface area contributed by atoms with Crippen molar-refractivity contribution in [3.8, 4) is 0 Å². The van der Waals surface area contributed by atoms with Crippen molar-refractivity contribution in [3.63, 3.8) is 0 Å². The predicted molar refractivity (Wildman–Crippen MR) is 117 cm³/mol. The normalized spacial score (nSPS) is 11.1. The monoisotopic (exact) mass is 425 g/mol. The van der Waals surface area contributed by atoms with Gasteiger partial charge in [0.05, 0.1) is 18.4 Å². The number of hydrazine groups is 1. The average molecular weight is 426 g/mol. The molecule has 8 heteroatoms. The molecule has 0 radical (unpaired) electrons. The van der Waals surface area contributed by atoms with Crippen molar-refractivity contribution in [1.82, 2.24) is 10.9 Å². The predicted octanol–water partition coefficient (Wildman–Crippen LogP) is 2.30. The maximum absolute atomic E-state index is 12.3. The highest BCUT2D eigenvalue weighted by Gasteiger charge is 2.22. The van der Waals surface area contributed by atoms with E-state index in [1.54, 1.807) is 31.2 Å². The zero-order valence-electron chi connectivity index (χ0n) is 16.8. The van der Waals surface area contributed by atoms with Crippen molar-refractivity contribution in [3.05, 3.63) is 77.9 Å². The third kappa shape index (κ3) is 5.15. The summed E-state index contributed by atoms with van der Waals surface area (Å²) < 4.78 is 25.4. The highest BCUT2D eigenvalue weighted by Crippen LogP contribution is 2.21. The first-order chi connectivity index (χ1) is 14.3. The molecule has 0 spiro atoms. The van der Waals surface area contributed by atoms with Gasteiger partial charge in [-0.15, -0.1) is 0 Å². The molecule has 0 saturated heterocycles. The summed E-state index contributed by atoms with van der Waals surface area (Å²) in [5.74, 6) is -1.04. The summed E-state index contributed by atoms with van der Waals surface area (Å²) in [6.07, 6.45) is 1.11. The Bertz CT molecular complexity index is 1190. The van der Waals surface area contributed by atoms with E-state index in [9.17, 15) is 18.0 Å². The second-order valence-electron chi connectivity index (χ2n) is 6.97. The molecule has 0 aliphatic heterocycles. The van der Waals surface area contributed by atoms with Gasteiger partial charge in [0.15, 0.2) is 0 Å². The third-order valence-corrected chi connectivity index (χ3v) is 5.77. The zero-order valence-corrected chi connectivity index (χ0v) is 17.6. The van der Waals surface area contributed by atoms with Crippen molar-refractivity contribution in [2.75, 3.05) is 17.1 Å². The van der Waals surface area contributed by atoms with Gasteiger partial charge in [0, 0.05) is 0 Å². The molecule has 156 valence electrons. The lowest BCUT2D eigenvalue weighted by molar-refractivity contribution is -0.127. The number of benzene rings is 3. The fraction of sp³-hybridized carbons (Fsp3) is 0.182. The molecule has 0 bridgehead atoms. The van der Waals surface area contributed by atoms with Gasteiger partial charge in [-0.2, -0.15) is 0 Å². The quantitative estimate of drug-likeness (QED) is 0.593. The Morgan fingerprint density at radius 3 is 2.23 bits per heavy atom. The molecule has 0 heterocycles. The Kier molecular flexibility index (Phi) is 6.37. The Labute approximate surface area is 175 Å². The number of hydrogen-bond donors (Lipinski definition) is 2. The SMILES string of the molecule is Cc1ccccc1N(CC(=O)NNC(=O)Cc1cccc2ccccc12)S(C)(=O)=O. The maximum atomic E-state index is 12.3. The molecule has 0 aromatic heterocycles. The minimum Gasteiger partial charge on any atom is -0.273 e. The number of hydrogen-bond acceptors (Lipinski definition) is 4. The van der Waals surface area contributed by atoms with Crippen molar-refractivity contribution in [1.29, 1.82) is 0 Å². The minimum atomic E-state index is -3.69. The molecular formula is C22H23N3O4S. The minimum absolute atomic E-state index is 0.0786. The summed E-state index contributed by atoms with van der Waals surface area (Å²) in [5, 5.41) is 1.98. The van der Waals surface area contributed by atoms with Gasteiger partial charge in [-0.05, 0) is 34.9 Å². The van der Waals surface area contributed by atoms with Gasteiger partial charge in [0.2, 0.25) is 15.9 Å². The lowest BCUT2D eigenvalue weighted by Crippen LogP contribution is -2.48. The smallest absolute Gasteiger partial charge is 0.259 e. The summed E-state index contributed by atoms with van der Waals surface area (Å²) in [6.45, 7) is 1.32. The van der Waals surface area contributed by atoms with Crippen LogP contribution in [0.2, 0.25) is 0 Å². The number of anilines is 1. The second kappa shape index (κ2) is 8.96. The molecule has 2 amide bonds. The lowest BCUT2D eigenvalue weighted by atomic mass is 10.0. The average Bonchev–Trinajstić information content (AvgIpc) is 2.71. The molecule has 3 aromatic rings. The van der Waals surface area contributed by atoms with E-state index in [0.29, 0.717) is 5.69 Å². The Morgan fingerprint density at radius 1 is 0.867 bits per heavy atom. The molecule has 30 heavy (non-hydrogen) atoms. The molecule has 0 fully saturated rings. The molecule has 0 unspecified atom stereocenters. The second-order valence-corrected chi connectivity index (χ2v) is 8.87. The van der Waals surface area contributed by atoms with Crippen LogP contribution in [-0.2, 0) is 26.0 Å². The van der Waals surface area contributed by atoms with E-state index in [0.717, 1.165) is 32.5 Å². The van der Waals surface area contributed by atoms with E-state index in [1.807, 2.05) is 42.5 Å². The van der Waals surface area contributed by atoms with Gasteiger partial charge >= 0.3 is 0 Å². The first-order valence-electron chi connectivity index (χ1n) is 9.33. The van der Waals surface area contributed by atoms with Crippen LogP contribution in [0.25, 0.3) is 10.8 Å². The molecular weight excluding hydrogens is 402 g/mol. The van der Waals surface area contributed by atoms with Gasteiger partial charge in [-0.1, -0.05) is 60.7 Å². The Morgan fingerprint density at radius 2 is 1.50 bits per heavy atom. The standard InChI is InChI=1S/C22H23N3O4S/c1-16-8-3-6-13-20(16)25(30(2,28)29)15-22(27)24-23-21(26)14-18-11-7-10-17-9-4-5-12-19(17)18/h3-13H,14-15H2,1-2H3,(H,23,26)(H,24,27). The molecule has 0 aliphatic rings. The summed E-state index contributed by atoms with van der Waals surface area (Å²) in [5.41, 5.74) is 6.62. The number of carbonyl (C=O) groups excluding carboxylic acids is 2. The van der Waals surface area contributed by atoms with Crippen molar-refractivity contribution in [2.24, 2.45) is 0 Å². The van der Waals surface area contributed by atoms with Crippen LogP contribution >= 0.6 is 0 Å². The maximum Gasteiger partial charge on any atom is 0.259 e. The molecule has 3 aromatic carbocycles. The number of aryl methyl sites for hydroxylation is 1.